The third-order valence-electron chi connectivity index (χ3n) is 2.36. The number of thioether (sulfide) groups is 1. The van der Waals surface area contributed by atoms with Gasteiger partial charge < -0.3 is 5.32 Å². The van der Waals surface area contributed by atoms with E-state index < -0.39 is 22.1 Å². The minimum absolute atomic E-state index is 0.0613. The zero-order valence-electron chi connectivity index (χ0n) is 10.9. The Hall–Kier alpha value is -2.95. The summed E-state index contributed by atoms with van der Waals surface area (Å²) >= 11 is 0.823. The summed E-state index contributed by atoms with van der Waals surface area (Å²) < 4.78 is 0. The topological polar surface area (TPSA) is 151 Å². The highest BCUT2D eigenvalue weighted by molar-refractivity contribution is 7.99. The van der Waals surface area contributed by atoms with E-state index in [1.54, 1.807) is 0 Å². The lowest BCUT2D eigenvalue weighted by Crippen LogP contribution is -2.25. The first-order valence-corrected chi connectivity index (χ1v) is 6.80. The second-order valence-electron chi connectivity index (χ2n) is 3.96. The van der Waals surface area contributed by atoms with Gasteiger partial charge in [-0.05, 0) is 6.07 Å². The molecule has 1 amide bonds. The van der Waals surface area contributed by atoms with Gasteiger partial charge in [-0.1, -0.05) is 17.8 Å². The number of hydrogen-bond acceptors (Lipinski definition) is 7. The van der Waals surface area contributed by atoms with Gasteiger partial charge in [0.1, 0.15) is 0 Å². The Morgan fingerprint density at radius 3 is 2.86 bits per heavy atom. The molecule has 0 radical (unpaired) electrons. The number of nitro groups is 1. The highest BCUT2D eigenvalue weighted by Gasteiger charge is 2.10. The Labute approximate surface area is 126 Å². The summed E-state index contributed by atoms with van der Waals surface area (Å²) in [5.41, 5.74) is -1.32. The molecule has 0 atom stereocenters. The molecular weight excluding hydrogens is 314 g/mol. The molecule has 3 N–H and O–H groups in total. The van der Waals surface area contributed by atoms with Crippen LogP contribution in [0.4, 0.5) is 11.4 Å². The van der Waals surface area contributed by atoms with E-state index in [9.17, 15) is 24.5 Å². The second kappa shape index (κ2) is 6.67. The van der Waals surface area contributed by atoms with Crippen LogP contribution in [-0.2, 0) is 4.79 Å². The van der Waals surface area contributed by atoms with Crippen LogP contribution in [0.1, 0.15) is 0 Å². The minimum Gasteiger partial charge on any atom is -0.325 e. The highest BCUT2D eigenvalue weighted by atomic mass is 32.2. The van der Waals surface area contributed by atoms with Gasteiger partial charge in [-0.15, -0.1) is 0 Å². The number of rotatable bonds is 5. The van der Waals surface area contributed by atoms with Crippen molar-refractivity contribution in [3.05, 3.63) is 55.2 Å². The fourth-order valence-electron chi connectivity index (χ4n) is 1.46. The largest absolute Gasteiger partial charge is 0.342 e. The number of nitro benzene ring substituents is 1. The van der Waals surface area contributed by atoms with Crippen molar-refractivity contribution in [1.82, 2.24) is 15.2 Å². The molecule has 0 unspecified atom stereocenters. The first-order chi connectivity index (χ1) is 10.5. The number of carbonyl (C=O) groups is 1. The summed E-state index contributed by atoms with van der Waals surface area (Å²) in [4.78, 5) is 45.9. The van der Waals surface area contributed by atoms with Crippen molar-refractivity contribution in [1.29, 1.82) is 0 Å². The van der Waals surface area contributed by atoms with E-state index >= 15 is 0 Å². The molecule has 0 aliphatic carbocycles. The fraction of sp³-hybridized carbons (Fsp3) is 0.0909. The summed E-state index contributed by atoms with van der Waals surface area (Å²) in [6.45, 7) is 0. The van der Waals surface area contributed by atoms with Gasteiger partial charge in [0.25, 0.3) is 11.2 Å². The number of carbonyl (C=O) groups excluding carboxylic acids is 1. The van der Waals surface area contributed by atoms with Gasteiger partial charge in [0.15, 0.2) is 5.03 Å². The molecule has 1 aromatic carbocycles. The maximum absolute atomic E-state index is 11.7. The van der Waals surface area contributed by atoms with E-state index in [4.69, 9.17) is 0 Å². The Kier molecular flexibility index (Phi) is 4.68. The maximum Gasteiger partial charge on any atom is 0.342 e. The van der Waals surface area contributed by atoms with Crippen molar-refractivity contribution < 1.29 is 9.72 Å². The molecule has 1 aromatic heterocycles. The summed E-state index contributed by atoms with van der Waals surface area (Å²) in [6, 6.07) is 5.46. The number of amides is 1. The molecule has 10 nitrogen and oxygen atoms in total. The molecule has 0 saturated heterocycles. The van der Waals surface area contributed by atoms with E-state index in [2.05, 4.69) is 10.4 Å². The number of nitrogens with one attached hydrogen (secondary N) is 3. The lowest BCUT2D eigenvalue weighted by Gasteiger charge is -2.04. The molecule has 0 aliphatic heterocycles. The normalized spacial score (nSPS) is 10.2. The van der Waals surface area contributed by atoms with E-state index in [0.29, 0.717) is 0 Å². The quantitative estimate of drug-likeness (QED) is 0.401. The van der Waals surface area contributed by atoms with Gasteiger partial charge in [0.05, 0.1) is 10.7 Å². The third kappa shape index (κ3) is 4.02. The van der Waals surface area contributed by atoms with Gasteiger partial charge in [-0.25, -0.2) is 9.89 Å². The number of non-ortho nitro benzene ring substituents is 1. The van der Waals surface area contributed by atoms with Crippen molar-refractivity contribution in [2.45, 2.75) is 5.03 Å². The van der Waals surface area contributed by atoms with Crippen molar-refractivity contribution in [2.24, 2.45) is 0 Å². The van der Waals surface area contributed by atoms with Crippen LogP contribution in [-0.4, -0.2) is 31.8 Å². The van der Waals surface area contributed by atoms with E-state index in [1.807, 2.05) is 10.1 Å². The Bertz CT molecular complexity index is 830. The zero-order valence-corrected chi connectivity index (χ0v) is 11.7. The average Bonchev–Trinajstić information content (AvgIpc) is 2.46. The first kappa shape index (κ1) is 15.4. The molecule has 1 heterocycles. The number of benzene rings is 1. The number of anilines is 1. The molecule has 0 aliphatic rings. The molecule has 114 valence electrons. The van der Waals surface area contributed by atoms with Gasteiger partial charge in [-0.2, -0.15) is 5.10 Å². The molecule has 22 heavy (non-hydrogen) atoms. The minimum atomic E-state index is -0.740. The van der Waals surface area contributed by atoms with E-state index in [1.165, 1.54) is 24.3 Å². The zero-order chi connectivity index (χ0) is 16.1. The predicted octanol–water partition coefficient (Wildman–Crippen LogP) is 0.0972. The Balaban J connectivity index is 1.98. The number of aromatic nitrogens is 3. The van der Waals surface area contributed by atoms with Crippen molar-refractivity contribution in [3.63, 3.8) is 0 Å². The smallest absolute Gasteiger partial charge is 0.325 e. The standard InChI is InChI=1S/C11H9N5O5S/c17-8(5-22-10-9(18)13-11(19)15-14-10)12-6-2-1-3-7(4-6)16(20)21/h1-4H,5H2,(H,12,17)(H2,13,15,18,19). The van der Waals surface area contributed by atoms with Gasteiger partial charge in [-0.3, -0.25) is 24.7 Å². The van der Waals surface area contributed by atoms with Crippen LogP contribution in [0.25, 0.3) is 0 Å². The summed E-state index contributed by atoms with van der Waals surface area (Å²) in [5.74, 6) is -0.622. The number of aromatic amines is 2. The molecule has 0 fully saturated rings. The van der Waals surface area contributed by atoms with Crippen LogP contribution in [0.5, 0.6) is 0 Å². The second-order valence-corrected chi connectivity index (χ2v) is 4.92. The van der Waals surface area contributed by atoms with Crippen LogP contribution in [0.3, 0.4) is 0 Å². The monoisotopic (exact) mass is 323 g/mol. The highest BCUT2D eigenvalue weighted by Crippen LogP contribution is 2.17. The van der Waals surface area contributed by atoms with Gasteiger partial charge in [0, 0.05) is 17.8 Å². The van der Waals surface area contributed by atoms with Crippen molar-refractivity contribution in [2.75, 3.05) is 11.1 Å². The molecule has 2 aromatic rings. The Morgan fingerprint density at radius 2 is 2.18 bits per heavy atom. The van der Waals surface area contributed by atoms with Crippen molar-refractivity contribution in [3.8, 4) is 0 Å². The molecule has 0 saturated carbocycles. The molecular formula is C11H9N5O5S. The summed E-state index contributed by atoms with van der Waals surface area (Å²) in [7, 11) is 0. The van der Waals surface area contributed by atoms with E-state index in [-0.39, 0.29) is 22.2 Å². The lowest BCUT2D eigenvalue weighted by molar-refractivity contribution is -0.384. The average molecular weight is 323 g/mol. The van der Waals surface area contributed by atoms with Crippen molar-refractivity contribution >= 4 is 29.0 Å². The molecule has 0 spiro atoms. The lowest BCUT2D eigenvalue weighted by atomic mass is 10.3. The van der Waals surface area contributed by atoms with Gasteiger partial charge in [0.2, 0.25) is 5.91 Å². The predicted molar refractivity (Wildman–Crippen MR) is 77.9 cm³/mol. The third-order valence-corrected chi connectivity index (χ3v) is 3.32. The number of nitrogens with zero attached hydrogens (tertiary/aromatic N) is 2. The van der Waals surface area contributed by atoms with Crippen LogP contribution in [0, 0.1) is 10.1 Å². The number of H-pyrrole nitrogens is 2. The molecule has 0 bridgehead atoms. The maximum atomic E-state index is 11.7. The summed E-state index contributed by atoms with van der Waals surface area (Å²) in [6.07, 6.45) is 0. The fourth-order valence-corrected chi connectivity index (χ4v) is 2.10. The molecule has 11 heteroatoms. The first-order valence-electron chi connectivity index (χ1n) is 5.82. The summed E-state index contributed by atoms with van der Waals surface area (Å²) in [5, 5.41) is 18.6. The Morgan fingerprint density at radius 1 is 1.41 bits per heavy atom. The molecule has 2 rings (SSSR count). The van der Waals surface area contributed by atoms with Crippen LogP contribution < -0.4 is 16.6 Å². The van der Waals surface area contributed by atoms with E-state index in [0.717, 1.165) is 11.8 Å². The number of hydrogen-bond donors (Lipinski definition) is 3. The van der Waals surface area contributed by atoms with Crippen LogP contribution in [0.15, 0.2) is 38.9 Å². The van der Waals surface area contributed by atoms with Crippen LogP contribution in [0.2, 0.25) is 0 Å². The van der Waals surface area contributed by atoms with Crippen LogP contribution >= 0.6 is 11.8 Å². The SMILES string of the molecule is O=C(CSc1n[nH]c(=O)[nH]c1=O)Nc1cccc([N+](=O)[O-])c1. The van der Waals surface area contributed by atoms with Gasteiger partial charge >= 0.3 is 5.69 Å².